The molecule has 0 spiro atoms. The van der Waals surface area contributed by atoms with Crippen LogP contribution >= 0.6 is 0 Å². The van der Waals surface area contributed by atoms with E-state index in [9.17, 15) is 0 Å². The molecule has 0 unspecified atom stereocenters. The average Bonchev–Trinajstić information content (AvgIpc) is 3.57. The first kappa shape index (κ1) is 25.0. The lowest BCUT2D eigenvalue weighted by atomic mass is 9.82. The van der Waals surface area contributed by atoms with Crippen molar-refractivity contribution in [2.45, 2.75) is 19.3 Å². The van der Waals surface area contributed by atoms with Gasteiger partial charge in [0.05, 0.1) is 5.69 Å². The molecule has 3 aromatic heterocycles. The van der Waals surface area contributed by atoms with E-state index in [2.05, 4.69) is 134 Å². The zero-order chi connectivity index (χ0) is 29.4. The van der Waals surface area contributed by atoms with Gasteiger partial charge in [0, 0.05) is 27.9 Å². The largest absolute Gasteiger partial charge is 0.284 e. The monoisotopic (exact) mass is 563 g/mol. The molecule has 9 rings (SSSR count). The van der Waals surface area contributed by atoms with E-state index in [1.165, 1.54) is 44.5 Å². The van der Waals surface area contributed by atoms with Gasteiger partial charge in [0.15, 0.2) is 5.65 Å². The van der Waals surface area contributed by atoms with E-state index in [0.717, 1.165) is 38.8 Å². The van der Waals surface area contributed by atoms with Crippen molar-refractivity contribution in [2.75, 3.05) is 0 Å². The van der Waals surface area contributed by atoms with Crippen LogP contribution in [0.2, 0.25) is 0 Å². The highest BCUT2D eigenvalue weighted by molar-refractivity contribution is 6.09. The lowest BCUT2D eigenvalue weighted by Gasteiger charge is -2.21. The summed E-state index contributed by atoms with van der Waals surface area (Å²) in [6.45, 7) is 4.66. The minimum absolute atomic E-state index is 0.0111. The van der Waals surface area contributed by atoms with Crippen molar-refractivity contribution < 1.29 is 0 Å². The topological polar surface area (TPSA) is 30.2 Å². The molecule has 0 saturated heterocycles. The van der Waals surface area contributed by atoms with Crippen molar-refractivity contribution in [3.63, 3.8) is 0 Å². The second kappa shape index (κ2) is 9.23. The number of hydrogen-bond donors (Lipinski definition) is 0. The molecule has 8 aromatic rings. The van der Waals surface area contributed by atoms with Gasteiger partial charge in [-0.2, -0.15) is 0 Å². The molecule has 208 valence electrons. The Labute approximate surface area is 256 Å². The van der Waals surface area contributed by atoms with Gasteiger partial charge in [-0.3, -0.25) is 4.40 Å². The molecular weight excluding hydrogens is 534 g/mol. The number of hydrogen-bond acceptors (Lipinski definition) is 2. The number of imidazole rings is 1. The van der Waals surface area contributed by atoms with Crippen LogP contribution in [0.5, 0.6) is 0 Å². The summed E-state index contributed by atoms with van der Waals surface area (Å²) in [5.41, 5.74) is 15.1. The van der Waals surface area contributed by atoms with Crippen LogP contribution in [-0.4, -0.2) is 14.4 Å². The number of aromatic nitrogens is 3. The highest BCUT2D eigenvalue weighted by atomic mass is 15.1. The van der Waals surface area contributed by atoms with Crippen molar-refractivity contribution in [1.29, 1.82) is 0 Å². The zero-order valence-corrected chi connectivity index (χ0v) is 24.6. The van der Waals surface area contributed by atoms with Crippen LogP contribution in [0.25, 0.3) is 72.2 Å². The third-order valence-electron chi connectivity index (χ3n) is 9.41. The van der Waals surface area contributed by atoms with Crippen molar-refractivity contribution in [2.24, 2.45) is 0 Å². The van der Waals surface area contributed by atoms with E-state index in [-0.39, 0.29) is 5.41 Å². The summed E-state index contributed by atoms with van der Waals surface area (Å²) < 4.78 is 2.08. The van der Waals surface area contributed by atoms with Crippen molar-refractivity contribution >= 4 is 27.6 Å². The SMILES string of the molecule is CC1(C)c2ccccc2-c2cc(-c3cccc(-c4cccc(-c5nc6c(nc7ccccn76)c6ccccc56)c4)c3)ccc21. The van der Waals surface area contributed by atoms with E-state index < -0.39 is 0 Å². The van der Waals surface area contributed by atoms with Crippen LogP contribution in [0.3, 0.4) is 0 Å². The van der Waals surface area contributed by atoms with E-state index in [1.54, 1.807) is 0 Å². The molecule has 3 nitrogen and oxygen atoms in total. The Balaban J connectivity index is 1.16. The van der Waals surface area contributed by atoms with Gasteiger partial charge in [-0.25, -0.2) is 9.97 Å². The van der Waals surface area contributed by atoms with Crippen LogP contribution in [0.1, 0.15) is 25.0 Å². The summed E-state index contributed by atoms with van der Waals surface area (Å²) in [4.78, 5) is 10.1. The normalized spacial score (nSPS) is 13.4. The van der Waals surface area contributed by atoms with Gasteiger partial charge in [-0.05, 0) is 74.8 Å². The molecule has 0 atom stereocenters. The lowest BCUT2D eigenvalue weighted by molar-refractivity contribution is 0.660. The Morgan fingerprint density at radius 2 is 1.14 bits per heavy atom. The Bertz CT molecular complexity index is 2430. The third-order valence-corrected chi connectivity index (χ3v) is 9.41. The fraction of sp³-hybridized carbons (Fsp3) is 0.0732. The average molecular weight is 564 g/mol. The first-order valence-corrected chi connectivity index (χ1v) is 15.2. The number of fused-ring (bicyclic) bond motifs is 8. The smallest absolute Gasteiger partial charge is 0.165 e. The maximum absolute atomic E-state index is 5.23. The second-order valence-corrected chi connectivity index (χ2v) is 12.3. The standard InChI is InChI=1S/C41H29N3/c1-41(2)35-18-6-5-15-31(35)34-25-29(20-21-36(34)41)27-12-9-11-26(23-27)28-13-10-14-30(24-28)38-32-16-3-4-17-33(32)39-40(43-38)44-22-8-7-19-37(44)42-39/h3-25H,1-2H3. The van der Waals surface area contributed by atoms with Gasteiger partial charge in [0.1, 0.15) is 11.2 Å². The molecular formula is C41H29N3. The van der Waals surface area contributed by atoms with E-state index in [4.69, 9.17) is 9.97 Å². The van der Waals surface area contributed by atoms with Crippen LogP contribution < -0.4 is 0 Å². The third kappa shape index (κ3) is 3.62. The summed E-state index contributed by atoms with van der Waals surface area (Å²) >= 11 is 0. The predicted molar refractivity (Wildman–Crippen MR) is 182 cm³/mol. The molecule has 44 heavy (non-hydrogen) atoms. The van der Waals surface area contributed by atoms with Gasteiger partial charge in [-0.1, -0.05) is 117 Å². The molecule has 1 aliphatic carbocycles. The molecule has 0 radical (unpaired) electrons. The Morgan fingerprint density at radius 3 is 1.95 bits per heavy atom. The van der Waals surface area contributed by atoms with Gasteiger partial charge >= 0.3 is 0 Å². The molecule has 3 heteroatoms. The Morgan fingerprint density at radius 1 is 0.500 bits per heavy atom. The van der Waals surface area contributed by atoms with Gasteiger partial charge in [-0.15, -0.1) is 0 Å². The highest BCUT2D eigenvalue weighted by Gasteiger charge is 2.35. The van der Waals surface area contributed by atoms with Crippen molar-refractivity contribution in [3.05, 3.63) is 151 Å². The van der Waals surface area contributed by atoms with Gasteiger partial charge in [0.2, 0.25) is 0 Å². The minimum atomic E-state index is 0.0111. The fourth-order valence-electron chi connectivity index (χ4n) is 7.18. The molecule has 5 aromatic carbocycles. The quantitative estimate of drug-likeness (QED) is 0.214. The molecule has 0 aliphatic heterocycles. The molecule has 0 amide bonds. The zero-order valence-electron chi connectivity index (χ0n) is 24.6. The fourth-order valence-corrected chi connectivity index (χ4v) is 7.18. The summed E-state index contributed by atoms with van der Waals surface area (Å²) in [6.07, 6.45) is 2.04. The summed E-state index contributed by atoms with van der Waals surface area (Å²) in [5.74, 6) is 0. The summed E-state index contributed by atoms with van der Waals surface area (Å²) in [6, 6.07) is 48.0. The number of rotatable bonds is 3. The van der Waals surface area contributed by atoms with Crippen molar-refractivity contribution in [3.8, 4) is 44.6 Å². The van der Waals surface area contributed by atoms with E-state index in [1.807, 2.05) is 24.4 Å². The maximum Gasteiger partial charge on any atom is 0.165 e. The Hall–Kier alpha value is -5.54. The molecule has 0 fully saturated rings. The first-order valence-electron chi connectivity index (χ1n) is 15.2. The predicted octanol–water partition coefficient (Wildman–Crippen LogP) is 10.3. The molecule has 0 saturated carbocycles. The highest BCUT2D eigenvalue weighted by Crippen LogP contribution is 2.49. The van der Waals surface area contributed by atoms with Crippen LogP contribution in [0.4, 0.5) is 0 Å². The van der Waals surface area contributed by atoms with Crippen LogP contribution in [0.15, 0.2) is 140 Å². The second-order valence-electron chi connectivity index (χ2n) is 12.3. The van der Waals surface area contributed by atoms with Gasteiger partial charge < -0.3 is 0 Å². The lowest BCUT2D eigenvalue weighted by Crippen LogP contribution is -2.14. The number of pyridine rings is 2. The van der Waals surface area contributed by atoms with Crippen LogP contribution in [-0.2, 0) is 5.41 Å². The van der Waals surface area contributed by atoms with Crippen molar-refractivity contribution in [1.82, 2.24) is 14.4 Å². The van der Waals surface area contributed by atoms with E-state index in [0.29, 0.717) is 0 Å². The minimum Gasteiger partial charge on any atom is -0.284 e. The molecule has 0 bridgehead atoms. The first-order chi connectivity index (χ1) is 21.6. The number of nitrogens with zero attached hydrogens (tertiary/aromatic N) is 3. The maximum atomic E-state index is 5.23. The molecule has 1 aliphatic rings. The van der Waals surface area contributed by atoms with Gasteiger partial charge in [0.25, 0.3) is 0 Å². The van der Waals surface area contributed by atoms with Crippen LogP contribution in [0, 0.1) is 0 Å². The Kier molecular flexibility index (Phi) is 5.24. The molecule has 0 N–H and O–H groups in total. The summed E-state index contributed by atoms with van der Waals surface area (Å²) in [7, 11) is 0. The number of benzene rings is 5. The summed E-state index contributed by atoms with van der Waals surface area (Å²) in [5, 5.41) is 2.22. The molecule has 3 heterocycles. The van der Waals surface area contributed by atoms with E-state index >= 15 is 0 Å².